The number of H-pyrrole nitrogens is 2. The molecule has 0 radical (unpaired) electrons. The van der Waals surface area contributed by atoms with Crippen LogP contribution in [0.25, 0.3) is 46.4 Å². The van der Waals surface area contributed by atoms with Crippen molar-refractivity contribution in [2.24, 2.45) is 0 Å². The van der Waals surface area contributed by atoms with Gasteiger partial charge in [-0.2, -0.15) is 0 Å². The normalized spacial score (nSPS) is 11.7. The molecular formula is C20H17N5Zn. The molecule has 5 nitrogen and oxygen atoms in total. The van der Waals surface area contributed by atoms with Gasteiger partial charge in [-0.05, 0) is 72.8 Å². The molecule has 0 unspecified atom stereocenters. The number of fused-ring (bicyclic) bond motifs is 8. The van der Waals surface area contributed by atoms with E-state index in [1.807, 2.05) is 48.6 Å². The van der Waals surface area contributed by atoms with Gasteiger partial charge < -0.3 is 16.1 Å². The first kappa shape index (κ1) is 18.0. The average molecular weight is 393 g/mol. The van der Waals surface area contributed by atoms with Gasteiger partial charge in [0.05, 0.1) is 22.8 Å². The maximum atomic E-state index is 4.63. The first-order valence-electron chi connectivity index (χ1n) is 7.85. The summed E-state index contributed by atoms with van der Waals surface area (Å²) in [7, 11) is 0. The Labute approximate surface area is 163 Å². The largest absolute Gasteiger partial charge is 0.355 e. The molecule has 0 aliphatic carbocycles. The Morgan fingerprint density at radius 1 is 0.500 bits per heavy atom. The van der Waals surface area contributed by atoms with E-state index in [1.54, 1.807) is 0 Å². The van der Waals surface area contributed by atoms with Crippen LogP contribution in [0.5, 0.6) is 0 Å². The summed E-state index contributed by atoms with van der Waals surface area (Å²) in [5.74, 6) is 0. The van der Waals surface area contributed by atoms with Crippen LogP contribution in [0.1, 0.15) is 22.8 Å². The van der Waals surface area contributed by atoms with E-state index in [9.17, 15) is 0 Å². The fourth-order valence-electron chi connectivity index (χ4n) is 2.94. The van der Waals surface area contributed by atoms with Crippen LogP contribution >= 0.6 is 0 Å². The number of nitrogens with zero attached hydrogens (tertiary/aromatic N) is 2. The Bertz CT molecular complexity index is 993. The molecule has 124 valence electrons. The minimum atomic E-state index is 0. The summed E-state index contributed by atoms with van der Waals surface area (Å²) in [6.45, 7) is 0. The van der Waals surface area contributed by atoms with Crippen LogP contribution in [0, 0.1) is 0 Å². The Morgan fingerprint density at radius 2 is 0.769 bits per heavy atom. The van der Waals surface area contributed by atoms with E-state index < -0.39 is 0 Å². The molecular weight excluding hydrogens is 376 g/mol. The van der Waals surface area contributed by atoms with Gasteiger partial charge in [0.2, 0.25) is 0 Å². The second-order valence-corrected chi connectivity index (χ2v) is 5.91. The summed E-state index contributed by atoms with van der Waals surface area (Å²) in [6, 6.07) is 16.4. The Hall–Kier alpha value is -2.82. The molecule has 6 heteroatoms. The van der Waals surface area contributed by atoms with Gasteiger partial charge in [0.1, 0.15) is 0 Å². The minimum absolute atomic E-state index is 0. The predicted molar refractivity (Wildman–Crippen MR) is 104 cm³/mol. The summed E-state index contributed by atoms with van der Waals surface area (Å²) in [5, 5.41) is 0. The molecule has 5 rings (SSSR count). The Morgan fingerprint density at radius 3 is 1.04 bits per heavy atom. The van der Waals surface area contributed by atoms with E-state index in [1.165, 1.54) is 0 Å². The van der Waals surface area contributed by atoms with Gasteiger partial charge >= 0.3 is 0 Å². The second kappa shape index (κ2) is 7.20. The van der Waals surface area contributed by atoms with Crippen LogP contribution in [0.3, 0.4) is 0 Å². The Kier molecular flexibility index (Phi) is 4.98. The van der Waals surface area contributed by atoms with Crippen molar-refractivity contribution in [2.75, 3.05) is 0 Å². The molecule has 5 N–H and O–H groups in total. The molecule has 3 aromatic heterocycles. The molecule has 0 aromatic carbocycles. The zero-order valence-electron chi connectivity index (χ0n) is 14.2. The molecule has 2 aliphatic rings. The van der Waals surface area contributed by atoms with Crippen molar-refractivity contribution in [1.29, 1.82) is 0 Å². The quantitative estimate of drug-likeness (QED) is 0.330. The molecule has 0 spiro atoms. The first-order valence-corrected chi connectivity index (χ1v) is 7.85. The van der Waals surface area contributed by atoms with Crippen LogP contribution in [-0.4, -0.2) is 19.9 Å². The van der Waals surface area contributed by atoms with Crippen molar-refractivity contribution in [3.8, 4) is 0 Å². The van der Waals surface area contributed by atoms with E-state index in [-0.39, 0.29) is 25.6 Å². The van der Waals surface area contributed by atoms with E-state index in [2.05, 4.69) is 44.2 Å². The predicted octanol–water partition coefficient (Wildman–Crippen LogP) is 4.82. The van der Waals surface area contributed by atoms with Crippen molar-refractivity contribution in [3.05, 3.63) is 71.3 Å². The van der Waals surface area contributed by atoms with Gasteiger partial charge in [-0.15, -0.1) is 0 Å². The minimum Gasteiger partial charge on any atom is -0.355 e. The third-order valence-electron chi connectivity index (χ3n) is 4.04. The van der Waals surface area contributed by atoms with Crippen LogP contribution in [0.4, 0.5) is 0 Å². The summed E-state index contributed by atoms with van der Waals surface area (Å²) >= 11 is 0. The van der Waals surface area contributed by atoms with E-state index in [0.717, 1.165) is 44.8 Å². The van der Waals surface area contributed by atoms with Crippen molar-refractivity contribution < 1.29 is 19.5 Å². The fourth-order valence-corrected chi connectivity index (χ4v) is 2.94. The number of hydrogen-bond acceptors (Lipinski definition) is 3. The van der Waals surface area contributed by atoms with Crippen molar-refractivity contribution in [3.63, 3.8) is 0 Å². The number of aromatic nitrogens is 4. The first-order chi connectivity index (χ1) is 11.8. The maximum absolute atomic E-state index is 4.63. The number of rotatable bonds is 0. The molecule has 0 saturated heterocycles. The summed E-state index contributed by atoms with van der Waals surface area (Å²) in [5.41, 5.74) is 7.86. The van der Waals surface area contributed by atoms with Gasteiger partial charge in [0, 0.05) is 41.5 Å². The van der Waals surface area contributed by atoms with Crippen molar-refractivity contribution in [1.82, 2.24) is 26.1 Å². The summed E-state index contributed by atoms with van der Waals surface area (Å²) in [4.78, 5) is 16.0. The van der Waals surface area contributed by atoms with Crippen LogP contribution in [0.2, 0.25) is 0 Å². The molecule has 0 atom stereocenters. The molecule has 26 heavy (non-hydrogen) atoms. The number of hydrogen-bond donors (Lipinski definition) is 3. The zero-order valence-corrected chi connectivity index (χ0v) is 17.2. The number of aromatic amines is 2. The third-order valence-corrected chi connectivity index (χ3v) is 4.04. The third kappa shape index (κ3) is 3.57. The van der Waals surface area contributed by atoms with Crippen LogP contribution in [0.15, 0.2) is 48.5 Å². The molecule has 0 saturated carbocycles. The van der Waals surface area contributed by atoms with Gasteiger partial charge in [-0.3, -0.25) is 0 Å². The topological polar surface area (TPSA) is 92.4 Å². The van der Waals surface area contributed by atoms with Crippen LogP contribution in [-0.2, 0) is 19.5 Å². The molecule has 5 heterocycles. The number of nitrogens with one attached hydrogen (secondary N) is 2. The van der Waals surface area contributed by atoms with Gasteiger partial charge in [0.15, 0.2) is 0 Å². The summed E-state index contributed by atoms with van der Waals surface area (Å²) < 4.78 is 0. The van der Waals surface area contributed by atoms with Crippen molar-refractivity contribution in [2.45, 2.75) is 0 Å². The summed E-state index contributed by atoms with van der Waals surface area (Å²) in [6.07, 6.45) is 8.09. The van der Waals surface area contributed by atoms with E-state index >= 15 is 0 Å². The standard InChI is InChI=1S/C20H14N4.H3N.Zn/c1-2-14-10-16-5-6-18(23-16)12-20-8-7-19(24-20)11-17-4-3-15(22-17)9-13(1)21-14;;/h1-12,21,24H;1H3;. The molecule has 2 aliphatic heterocycles. The smallest absolute Gasteiger partial charge is 0.0658 e. The van der Waals surface area contributed by atoms with E-state index in [4.69, 9.17) is 0 Å². The second-order valence-electron chi connectivity index (χ2n) is 5.91. The molecule has 8 bridgehead atoms. The molecule has 0 fully saturated rings. The van der Waals surface area contributed by atoms with Crippen LogP contribution < -0.4 is 6.15 Å². The van der Waals surface area contributed by atoms with Gasteiger partial charge in [0.25, 0.3) is 0 Å². The van der Waals surface area contributed by atoms with E-state index in [0.29, 0.717) is 0 Å². The monoisotopic (exact) mass is 391 g/mol. The molecule has 0 amide bonds. The maximum Gasteiger partial charge on any atom is 0.0658 e. The fraction of sp³-hybridized carbons (Fsp3) is 0. The average Bonchev–Trinajstić information content (AvgIpc) is 3.32. The van der Waals surface area contributed by atoms with Crippen molar-refractivity contribution >= 4 is 46.4 Å². The SMILES string of the molecule is C1=Cc2cc3ccc(cc4nc(cc5ccc(cc1n2)[nH]5)C=C4)[nH]3.N.[Zn]. The van der Waals surface area contributed by atoms with Gasteiger partial charge in [-0.25, -0.2) is 9.97 Å². The Balaban J connectivity index is 0.000000980. The molecule has 3 aromatic rings. The zero-order chi connectivity index (χ0) is 15.9. The van der Waals surface area contributed by atoms with Gasteiger partial charge in [-0.1, -0.05) is 0 Å².